The van der Waals surface area contributed by atoms with Gasteiger partial charge in [-0.25, -0.2) is 12.7 Å². The molecule has 1 aliphatic heterocycles. The lowest BCUT2D eigenvalue weighted by atomic mass is 9.97. The van der Waals surface area contributed by atoms with Gasteiger partial charge >= 0.3 is 0 Å². The summed E-state index contributed by atoms with van der Waals surface area (Å²) in [6.45, 7) is 2.47. The van der Waals surface area contributed by atoms with Crippen LogP contribution in [0.15, 0.2) is 62.8 Å². The van der Waals surface area contributed by atoms with Crippen molar-refractivity contribution in [1.82, 2.24) is 4.31 Å². The zero-order valence-corrected chi connectivity index (χ0v) is 18.8. The number of nitrogens with one attached hydrogen (secondary N) is 1. The molecular formula is C20H23BrN2O3S2. The van der Waals surface area contributed by atoms with Crippen molar-refractivity contribution >= 4 is 49.3 Å². The summed E-state index contributed by atoms with van der Waals surface area (Å²) in [7, 11) is -3.17. The van der Waals surface area contributed by atoms with E-state index in [1.165, 1.54) is 4.31 Å². The van der Waals surface area contributed by atoms with Gasteiger partial charge in [0, 0.05) is 39.0 Å². The van der Waals surface area contributed by atoms with Crippen molar-refractivity contribution in [1.29, 1.82) is 0 Å². The molecule has 3 rings (SSSR count). The summed E-state index contributed by atoms with van der Waals surface area (Å²) in [5, 5.41) is 2.96. The quantitative estimate of drug-likeness (QED) is 0.652. The summed E-state index contributed by atoms with van der Waals surface area (Å²) < 4.78 is 26.4. The van der Waals surface area contributed by atoms with Crippen molar-refractivity contribution < 1.29 is 13.2 Å². The van der Waals surface area contributed by atoms with Crippen molar-refractivity contribution in [2.75, 3.05) is 24.2 Å². The van der Waals surface area contributed by atoms with Gasteiger partial charge < -0.3 is 5.32 Å². The fourth-order valence-electron chi connectivity index (χ4n) is 3.07. The molecular weight excluding hydrogens is 460 g/mol. The number of rotatable bonds is 6. The molecule has 0 saturated carbocycles. The standard InChI is InChI=1S/C20H23BrN2O3S2/c1-2-28(25,26)23-13-11-15(12-14-23)20(24)22-17-5-9-19(10-6-17)27-18-7-3-16(21)4-8-18/h3-10,15H,2,11-14H2,1H3,(H,22,24). The number of hydrogen-bond donors (Lipinski definition) is 1. The first kappa shape index (κ1) is 21.4. The number of carbonyl (C=O) groups is 1. The molecule has 2 aromatic rings. The van der Waals surface area contributed by atoms with Crippen LogP contribution in [0.1, 0.15) is 19.8 Å². The molecule has 1 aliphatic rings. The lowest BCUT2D eigenvalue weighted by Gasteiger charge is -2.30. The van der Waals surface area contributed by atoms with E-state index in [4.69, 9.17) is 0 Å². The molecule has 0 radical (unpaired) electrons. The summed E-state index contributed by atoms with van der Waals surface area (Å²) in [5.74, 6) is -0.0870. The van der Waals surface area contributed by atoms with Crippen molar-refractivity contribution in [3.05, 3.63) is 53.0 Å². The largest absolute Gasteiger partial charge is 0.326 e. The van der Waals surface area contributed by atoms with E-state index in [9.17, 15) is 13.2 Å². The predicted octanol–water partition coefficient (Wildman–Crippen LogP) is 4.60. The van der Waals surface area contributed by atoms with Gasteiger partial charge in [-0.2, -0.15) is 0 Å². The molecule has 5 nitrogen and oxygen atoms in total. The van der Waals surface area contributed by atoms with Gasteiger partial charge in [0.05, 0.1) is 5.75 Å². The Morgan fingerprint density at radius 3 is 2.14 bits per heavy atom. The van der Waals surface area contributed by atoms with Crippen LogP contribution >= 0.6 is 27.7 Å². The molecule has 28 heavy (non-hydrogen) atoms. The minimum atomic E-state index is -3.17. The van der Waals surface area contributed by atoms with E-state index >= 15 is 0 Å². The molecule has 0 spiro atoms. The number of nitrogens with zero attached hydrogens (tertiary/aromatic N) is 1. The smallest absolute Gasteiger partial charge is 0.227 e. The summed E-state index contributed by atoms with van der Waals surface area (Å²) in [5.41, 5.74) is 0.758. The molecule has 0 aromatic heterocycles. The highest BCUT2D eigenvalue weighted by Gasteiger charge is 2.30. The number of sulfonamides is 1. The fourth-order valence-corrected chi connectivity index (χ4v) is 5.28. The maximum atomic E-state index is 12.5. The number of carbonyl (C=O) groups excluding carboxylic acids is 1. The van der Waals surface area contributed by atoms with Gasteiger partial charge in [-0.05, 0) is 68.3 Å². The van der Waals surface area contributed by atoms with Crippen molar-refractivity contribution in [3.8, 4) is 0 Å². The van der Waals surface area contributed by atoms with E-state index in [-0.39, 0.29) is 17.6 Å². The molecule has 0 bridgehead atoms. The highest BCUT2D eigenvalue weighted by atomic mass is 79.9. The Bertz CT molecular complexity index is 907. The first-order valence-corrected chi connectivity index (χ1v) is 12.4. The summed E-state index contributed by atoms with van der Waals surface area (Å²) in [4.78, 5) is 14.8. The summed E-state index contributed by atoms with van der Waals surface area (Å²) in [6.07, 6.45) is 1.12. The van der Waals surface area contributed by atoms with E-state index in [1.807, 2.05) is 36.4 Å². The highest BCUT2D eigenvalue weighted by Crippen LogP contribution is 2.30. The Hall–Kier alpha value is -1.35. The van der Waals surface area contributed by atoms with Crippen LogP contribution in [0.25, 0.3) is 0 Å². The number of hydrogen-bond acceptors (Lipinski definition) is 4. The Kier molecular flexibility index (Phi) is 7.20. The third kappa shape index (κ3) is 5.59. The van der Waals surface area contributed by atoms with E-state index in [1.54, 1.807) is 18.7 Å². The van der Waals surface area contributed by atoms with Gasteiger partial charge in [0.25, 0.3) is 0 Å². The average molecular weight is 483 g/mol. The first-order chi connectivity index (χ1) is 13.4. The first-order valence-electron chi connectivity index (χ1n) is 9.19. The molecule has 1 fully saturated rings. The number of halogens is 1. The molecule has 150 valence electrons. The van der Waals surface area contributed by atoms with Crippen LogP contribution in [0.2, 0.25) is 0 Å². The molecule has 0 atom stereocenters. The molecule has 1 heterocycles. The van der Waals surface area contributed by atoms with Crippen LogP contribution in [0, 0.1) is 5.92 Å². The zero-order chi connectivity index (χ0) is 20.1. The maximum Gasteiger partial charge on any atom is 0.227 e. The van der Waals surface area contributed by atoms with Crippen LogP contribution in [-0.4, -0.2) is 37.5 Å². The molecule has 0 unspecified atom stereocenters. The predicted molar refractivity (Wildman–Crippen MR) is 117 cm³/mol. The van der Waals surface area contributed by atoms with Crippen LogP contribution in [0.4, 0.5) is 5.69 Å². The second-order valence-corrected chi connectivity index (χ2v) is 11.0. The minimum Gasteiger partial charge on any atom is -0.326 e. The molecule has 8 heteroatoms. The van der Waals surface area contributed by atoms with Gasteiger partial charge in [0.2, 0.25) is 15.9 Å². The van der Waals surface area contributed by atoms with Crippen LogP contribution < -0.4 is 5.32 Å². The third-order valence-corrected chi connectivity index (χ3v) is 8.18. The highest BCUT2D eigenvalue weighted by molar-refractivity contribution is 9.10. The molecule has 1 saturated heterocycles. The second kappa shape index (κ2) is 9.43. The Labute approximate surface area is 179 Å². The SMILES string of the molecule is CCS(=O)(=O)N1CCC(C(=O)Nc2ccc(Sc3ccc(Br)cc3)cc2)CC1. The van der Waals surface area contributed by atoms with Gasteiger partial charge in [-0.3, -0.25) is 4.79 Å². The monoisotopic (exact) mass is 482 g/mol. The second-order valence-electron chi connectivity index (χ2n) is 6.64. The summed E-state index contributed by atoms with van der Waals surface area (Å²) >= 11 is 5.09. The minimum absolute atomic E-state index is 0.0399. The number of anilines is 1. The molecule has 1 amide bonds. The lowest BCUT2D eigenvalue weighted by Crippen LogP contribution is -2.42. The Morgan fingerprint density at radius 1 is 1.07 bits per heavy atom. The van der Waals surface area contributed by atoms with Gasteiger partial charge in [0.15, 0.2) is 0 Å². The number of benzene rings is 2. The van der Waals surface area contributed by atoms with Crippen LogP contribution in [0.3, 0.4) is 0 Å². The van der Waals surface area contributed by atoms with Crippen molar-refractivity contribution in [2.24, 2.45) is 5.92 Å². The molecule has 1 N–H and O–H groups in total. The third-order valence-electron chi connectivity index (χ3n) is 4.75. The van der Waals surface area contributed by atoms with E-state index < -0.39 is 10.0 Å². The summed E-state index contributed by atoms with van der Waals surface area (Å²) in [6, 6.07) is 15.9. The van der Waals surface area contributed by atoms with E-state index in [0.717, 1.165) is 20.0 Å². The van der Waals surface area contributed by atoms with Crippen molar-refractivity contribution in [2.45, 2.75) is 29.6 Å². The topological polar surface area (TPSA) is 66.5 Å². The van der Waals surface area contributed by atoms with Gasteiger partial charge in [-0.15, -0.1) is 0 Å². The van der Waals surface area contributed by atoms with Gasteiger partial charge in [0.1, 0.15) is 0 Å². The van der Waals surface area contributed by atoms with Gasteiger partial charge in [-0.1, -0.05) is 27.7 Å². The normalized spacial score (nSPS) is 16.1. The Balaban J connectivity index is 1.53. The van der Waals surface area contributed by atoms with Crippen molar-refractivity contribution in [3.63, 3.8) is 0 Å². The zero-order valence-electron chi connectivity index (χ0n) is 15.6. The lowest BCUT2D eigenvalue weighted by molar-refractivity contribution is -0.120. The fraction of sp³-hybridized carbons (Fsp3) is 0.350. The van der Waals surface area contributed by atoms with E-state index in [2.05, 4.69) is 33.4 Å². The van der Waals surface area contributed by atoms with Crippen LogP contribution in [-0.2, 0) is 14.8 Å². The maximum absolute atomic E-state index is 12.5. The Morgan fingerprint density at radius 2 is 1.61 bits per heavy atom. The number of amides is 1. The molecule has 2 aromatic carbocycles. The molecule has 0 aliphatic carbocycles. The van der Waals surface area contributed by atoms with E-state index in [0.29, 0.717) is 25.9 Å². The number of piperidine rings is 1. The van der Waals surface area contributed by atoms with Crippen LogP contribution in [0.5, 0.6) is 0 Å². The average Bonchev–Trinajstić information content (AvgIpc) is 2.71.